The summed E-state index contributed by atoms with van der Waals surface area (Å²) in [5.74, 6) is 6.44. The van der Waals surface area contributed by atoms with E-state index >= 15 is 0 Å². The van der Waals surface area contributed by atoms with Crippen LogP contribution in [0.15, 0.2) is 72.8 Å². The van der Waals surface area contributed by atoms with Gasteiger partial charge in [0.15, 0.2) is 0 Å². The second-order valence-electron chi connectivity index (χ2n) is 6.77. The summed E-state index contributed by atoms with van der Waals surface area (Å²) < 4.78 is 5.50. The molecule has 0 spiro atoms. The van der Waals surface area contributed by atoms with Crippen molar-refractivity contribution in [2.24, 2.45) is 0 Å². The van der Waals surface area contributed by atoms with Crippen LogP contribution in [0.2, 0.25) is 0 Å². The molecule has 1 amide bonds. The summed E-state index contributed by atoms with van der Waals surface area (Å²) in [7, 11) is 0. The molecular formula is C25H20ClNO2. The van der Waals surface area contributed by atoms with E-state index in [4.69, 9.17) is 16.3 Å². The highest BCUT2D eigenvalue weighted by molar-refractivity contribution is 6.17. The van der Waals surface area contributed by atoms with Crippen molar-refractivity contribution in [2.45, 2.75) is 11.8 Å². The smallest absolute Gasteiger partial charge is 0.407 e. The highest BCUT2D eigenvalue weighted by Crippen LogP contribution is 2.44. The molecule has 1 aliphatic rings. The number of benzene rings is 3. The van der Waals surface area contributed by atoms with Crippen LogP contribution >= 0.6 is 11.6 Å². The molecule has 0 heterocycles. The molecule has 4 heteroatoms. The first-order valence-electron chi connectivity index (χ1n) is 9.49. The fourth-order valence-corrected chi connectivity index (χ4v) is 3.90. The van der Waals surface area contributed by atoms with Crippen LogP contribution in [0.25, 0.3) is 11.1 Å². The third kappa shape index (κ3) is 4.13. The summed E-state index contributed by atoms with van der Waals surface area (Å²) in [6.45, 7) is 0.510. The fraction of sp³-hybridized carbons (Fsp3) is 0.160. The molecule has 0 bridgehead atoms. The molecule has 4 rings (SSSR count). The Hall–Kier alpha value is -3.22. The SMILES string of the molecule is O=C(NCC#Cc1ccccc1CCl)OCC1c2ccccc2-c2ccccc21. The van der Waals surface area contributed by atoms with Crippen LogP contribution in [0, 0.1) is 11.8 Å². The zero-order valence-corrected chi connectivity index (χ0v) is 16.6. The number of nitrogens with one attached hydrogen (secondary N) is 1. The lowest BCUT2D eigenvalue weighted by molar-refractivity contribution is 0.144. The summed E-state index contributed by atoms with van der Waals surface area (Å²) in [6, 6.07) is 24.2. The standard InChI is InChI=1S/C25H20ClNO2/c26-16-19-9-2-1-8-18(19)10-7-15-27-25(28)29-17-24-22-13-5-3-11-20(22)21-12-4-6-14-23(21)24/h1-6,8-9,11-14,24H,15-17H2,(H,27,28). The van der Waals surface area contributed by atoms with Crippen molar-refractivity contribution in [2.75, 3.05) is 13.2 Å². The number of hydrogen-bond acceptors (Lipinski definition) is 2. The number of alkyl halides is 1. The first-order valence-corrected chi connectivity index (χ1v) is 10.0. The maximum absolute atomic E-state index is 12.1. The van der Waals surface area contributed by atoms with Crippen molar-refractivity contribution in [3.63, 3.8) is 0 Å². The van der Waals surface area contributed by atoms with Gasteiger partial charge in [-0.15, -0.1) is 11.6 Å². The molecule has 144 valence electrons. The van der Waals surface area contributed by atoms with Gasteiger partial charge in [0.2, 0.25) is 0 Å². The number of fused-ring (bicyclic) bond motifs is 3. The fourth-order valence-electron chi connectivity index (χ4n) is 3.66. The van der Waals surface area contributed by atoms with E-state index in [9.17, 15) is 4.79 Å². The molecule has 3 nitrogen and oxygen atoms in total. The van der Waals surface area contributed by atoms with Crippen LogP contribution in [0.1, 0.15) is 28.2 Å². The highest BCUT2D eigenvalue weighted by Gasteiger charge is 2.28. The number of ether oxygens (including phenoxy) is 1. The largest absolute Gasteiger partial charge is 0.449 e. The molecule has 3 aromatic rings. The molecule has 0 aliphatic heterocycles. The molecule has 1 aliphatic carbocycles. The third-order valence-corrected chi connectivity index (χ3v) is 5.34. The maximum Gasteiger partial charge on any atom is 0.407 e. The number of halogens is 1. The van der Waals surface area contributed by atoms with Gasteiger partial charge < -0.3 is 10.1 Å². The second kappa shape index (κ2) is 8.86. The van der Waals surface area contributed by atoms with Crippen molar-refractivity contribution in [3.05, 3.63) is 95.1 Å². The molecule has 0 aromatic heterocycles. The lowest BCUT2D eigenvalue weighted by Crippen LogP contribution is -2.26. The average molecular weight is 402 g/mol. The summed E-state index contributed by atoms with van der Waals surface area (Å²) in [6.07, 6.45) is -0.466. The zero-order valence-electron chi connectivity index (χ0n) is 15.8. The van der Waals surface area contributed by atoms with Crippen molar-refractivity contribution < 1.29 is 9.53 Å². The van der Waals surface area contributed by atoms with E-state index in [-0.39, 0.29) is 12.5 Å². The molecule has 0 unspecified atom stereocenters. The molecule has 3 aromatic carbocycles. The van der Waals surface area contributed by atoms with Crippen LogP contribution in [-0.4, -0.2) is 19.2 Å². The predicted molar refractivity (Wildman–Crippen MR) is 116 cm³/mol. The first-order chi connectivity index (χ1) is 14.3. The summed E-state index contributed by atoms with van der Waals surface area (Å²) >= 11 is 5.91. The van der Waals surface area contributed by atoms with E-state index in [1.54, 1.807) is 0 Å². The van der Waals surface area contributed by atoms with Crippen molar-refractivity contribution in [1.82, 2.24) is 5.32 Å². The minimum absolute atomic E-state index is 0.0508. The Morgan fingerprint density at radius 3 is 2.24 bits per heavy atom. The van der Waals surface area contributed by atoms with Gasteiger partial charge in [0.1, 0.15) is 6.61 Å². The lowest BCUT2D eigenvalue weighted by atomic mass is 9.98. The van der Waals surface area contributed by atoms with Crippen LogP contribution in [-0.2, 0) is 10.6 Å². The van der Waals surface area contributed by atoms with E-state index in [0.717, 1.165) is 11.1 Å². The molecular weight excluding hydrogens is 382 g/mol. The predicted octanol–water partition coefficient (Wildman–Crippen LogP) is 5.32. The number of amides is 1. The van der Waals surface area contributed by atoms with Crippen LogP contribution in [0.5, 0.6) is 0 Å². The molecule has 1 N–H and O–H groups in total. The van der Waals surface area contributed by atoms with Gasteiger partial charge in [-0.2, -0.15) is 0 Å². The zero-order chi connectivity index (χ0) is 20.1. The summed E-state index contributed by atoms with van der Waals surface area (Å²) in [4.78, 5) is 12.1. The van der Waals surface area contributed by atoms with Crippen LogP contribution < -0.4 is 5.32 Å². The quantitative estimate of drug-likeness (QED) is 0.475. The van der Waals surface area contributed by atoms with E-state index in [0.29, 0.717) is 12.5 Å². The molecule has 0 atom stereocenters. The van der Waals surface area contributed by atoms with Gasteiger partial charge in [-0.25, -0.2) is 4.79 Å². The number of hydrogen-bond donors (Lipinski definition) is 1. The van der Waals surface area contributed by atoms with Gasteiger partial charge in [-0.3, -0.25) is 0 Å². The number of carbonyl (C=O) groups is 1. The Kier molecular flexibility index (Phi) is 5.84. The Morgan fingerprint density at radius 2 is 1.55 bits per heavy atom. The van der Waals surface area contributed by atoms with Crippen LogP contribution in [0.4, 0.5) is 4.79 Å². The minimum atomic E-state index is -0.466. The highest BCUT2D eigenvalue weighted by atomic mass is 35.5. The van der Waals surface area contributed by atoms with Crippen molar-refractivity contribution >= 4 is 17.7 Å². The number of carbonyl (C=O) groups excluding carboxylic acids is 1. The molecule has 0 saturated carbocycles. The monoisotopic (exact) mass is 401 g/mol. The molecule has 0 saturated heterocycles. The van der Waals surface area contributed by atoms with Gasteiger partial charge in [-0.1, -0.05) is 78.6 Å². The maximum atomic E-state index is 12.1. The van der Waals surface area contributed by atoms with Gasteiger partial charge in [0.25, 0.3) is 0 Å². The van der Waals surface area contributed by atoms with Gasteiger partial charge in [0.05, 0.1) is 6.54 Å². The minimum Gasteiger partial charge on any atom is -0.449 e. The second-order valence-corrected chi connectivity index (χ2v) is 7.04. The number of alkyl carbamates (subject to hydrolysis) is 1. The lowest BCUT2D eigenvalue weighted by Gasteiger charge is -2.14. The Morgan fingerprint density at radius 1 is 0.931 bits per heavy atom. The Balaban J connectivity index is 1.36. The third-order valence-electron chi connectivity index (χ3n) is 5.05. The summed E-state index contributed by atoms with van der Waals surface area (Å²) in [5, 5.41) is 2.69. The number of rotatable bonds is 4. The normalized spacial score (nSPS) is 11.8. The van der Waals surface area contributed by atoms with Crippen LogP contribution in [0.3, 0.4) is 0 Å². The van der Waals surface area contributed by atoms with Crippen molar-refractivity contribution in [3.8, 4) is 23.0 Å². The van der Waals surface area contributed by atoms with E-state index in [2.05, 4.69) is 41.4 Å². The molecule has 29 heavy (non-hydrogen) atoms. The Labute approximate surface area is 175 Å². The Bertz CT molecular complexity index is 1050. The first kappa shape index (κ1) is 19.1. The van der Waals surface area contributed by atoms with E-state index in [1.165, 1.54) is 22.3 Å². The van der Waals surface area contributed by atoms with E-state index in [1.807, 2.05) is 48.5 Å². The molecule has 0 fully saturated rings. The van der Waals surface area contributed by atoms with Gasteiger partial charge in [-0.05, 0) is 33.9 Å². The van der Waals surface area contributed by atoms with E-state index < -0.39 is 6.09 Å². The summed E-state index contributed by atoms with van der Waals surface area (Å²) in [5.41, 5.74) is 6.65. The van der Waals surface area contributed by atoms with Crippen molar-refractivity contribution in [1.29, 1.82) is 0 Å². The topological polar surface area (TPSA) is 38.3 Å². The van der Waals surface area contributed by atoms with Gasteiger partial charge >= 0.3 is 6.09 Å². The average Bonchev–Trinajstić information content (AvgIpc) is 3.09. The van der Waals surface area contributed by atoms with Gasteiger partial charge in [0, 0.05) is 17.4 Å². The molecule has 0 radical (unpaired) electrons.